The standard InChI is InChI=1S/C15H19N3O2/c1-4-7-18(15(20)16-10-19)12-5-6-13-11(2)9-17(3)14(13)8-12/h5-6,8-10H,4,7H2,1-3H3,(H,16,19,20). The highest BCUT2D eigenvalue weighted by molar-refractivity contribution is 5.99. The number of urea groups is 1. The van der Waals surface area contributed by atoms with Gasteiger partial charge in [0.2, 0.25) is 6.41 Å². The number of imide groups is 1. The molecule has 0 saturated carbocycles. The molecule has 3 amide bonds. The fourth-order valence-corrected chi connectivity index (χ4v) is 2.44. The van der Waals surface area contributed by atoms with Crippen LogP contribution in [0.2, 0.25) is 0 Å². The molecule has 1 heterocycles. The monoisotopic (exact) mass is 273 g/mol. The van der Waals surface area contributed by atoms with E-state index in [0.29, 0.717) is 13.0 Å². The van der Waals surface area contributed by atoms with E-state index in [9.17, 15) is 9.59 Å². The van der Waals surface area contributed by atoms with Gasteiger partial charge in [0.25, 0.3) is 0 Å². The molecule has 0 bridgehead atoms. The van der Waals surface area contributed by atoms with E-state index >= 15 is 0 Å². The van der Waals surface area contributed by atoms with Gasteiger partial charge in [0.1, 0.15) is 0 Å². The minimum absolute atomic E-state index is 0.396. The molecule has 0 spiro atoms. The van der Waals surface area contributed by atoms with Gasteiger partial charge in [-0.1, -0.05) is 13.0 Å². The number of rotatable bonds is 4. The molecular weight excluding hydrogens is 254 g/mol. The molecule has 2 rings (SSSR count). The van der Waals surface area contributed by atoms with E-state index in [0.717, 1.165) is 17.6 Å². The number of benzene rings is 1. The van der Waals surface area contributed by atoms with Crippen molar-refractivity contribution in [2.24, 2.45) is 7.05 Å². The second kappa shape index (κ2) is 5.77. The second-order valence-electron chi connectivity index (χ2n) is 4.84. The van der Waals surface area contributed by atoms with Crippen LogP contribution in [0.15, 0.2) is 24.4 Å². The first-order chi connectivity index (χ1) is 9.58. The third-order valence-electron chi connectivity index (χ3n) is 3.36. The zero-order valence-electron chi connectivity index (χ0n) is 12.0. The number of carbonyl (C=O) groups is 2. The van der Waals surface area contributed by atoms with Gasteiger partial charge in [0, 0.05) is 30.9 Å². The molecule has 0 radical (unpaired) electrons. The lowest BCUT2D eigenvalue weighted by atomic mass is 10.1. The SMILES string of the molecule is CCCN(C(=O)NC=O)c1ccc2c(C)cn(C)c2c1. The van der Waals surface area contributed by atoms with Crippen LogP contribution < -0.4 is 10.2 Å². The van der Waals surface area contributed by atoms with Gasteiger partial charge in [-0.25, -0.2) is 4.79 Å². The maximum Gasteiger partial charge on any atom is 0.328 e. The molecular formula is C15H19N3O2. The summed E-state index contributed by atoms with van der Waals surface area (Å²) >= 11 is 0. The number of amides is 3. The summed E-state index contributed by atoms with van der Waals surface area (Å²) in [5.41, 5.74) is 3.06. The molecule has 0 atom stereocenters. The van der Waals surface area contributed by atoms with Gasteiger partial charge >= 0.3 is 6.03 Å². The van der Waals surface area contributed by atoms with Crippen molar-refractivity contribution in [3.05, 3.63) is 30.0 Å². The number of aryl methyl sites for hydroxylation is 2. The Hall–Kier alpha value is -2.30. The van der Waals surface area contributed by atoms with Crippen molar-refractivity contribution in [2.45, 2.75) is 20.3 Å². The van der Waals surface area contributed by atoms with E-state index in [1.54, 1.807) is 4.90 Å². The first kappa shape index (κ1) is 14.1. The maximum atomic E-state index is 11.9. The molecule has 1 N–H and O–H groups in total. The van der Waals surface area contributed by atoms with Crippen molar-refractivity contribution in [1.29, 1.82) is 0 Å². The summed E-state index contributed by atoms with van der Waals surface area (Å²) < 4.78 is 2.04. The smallest absolute Gasteiger partial charge is 0.328 e. The maximum absolute atomic E-state index is 11.9. The fourth-order valence-electron chi connectivity index (χ4n) is 2.44. The molecule has 0 saturated heterocycles. The number of carbonyl (C=O) groups excluding carboxylic acids is 2. The number of nitrogens with one attached hydrogen (secondary N) is 1. The van der Waals surface area contributed by atoms with Gasteiger partial charge in [0.15, 0.2) is 0 Å². The van der Waals surface area contributed by atoms with Crippen LogP contribution in [0.1, 0.15) is 18.9 Å². The summed E-state index contributed by atoms with van der Waals surface area (Å²) in [6, 6.07) is 5.50. The number of hydrogen-bond acceptors (Lipinski definition) is 2. The third-order valence-corrected chi connectivity index (χ3v) is 3.36. The van der Waals surface area contributed by atoms with E-state index in [-0.39, 0.29) is 0 Å². The van der Waals surface area contributed by atoms with Crippen LogP contribution in [0.5, 0.6) is 0 Å². The summed E-state index contributed by atoms with van der Waals surface area (Å²) in [5.74, 6) is 0. The van der Waals surface area contributed by atoms with Crippen molar-refractivity contribution < 1.29 is 9.59 Å². The van der Waals surface area contributed by atoms with E-state index in [1.165, 1.54) is 10.9 Å². The van der Waals surface area contributed by atoms with Crippen LogP contribution in [-0.2, 0) is 11.8 Å². The Balaban J connectivity index is 2.45. The molecule has 1 aromatic carbocycles. The number of anilines is 1. The summed E-state index contributed by atoms with van der Waals surface area (Å²) in [4.78, 5) is 24.0. The molecule has 0 aliphatic heterocycles. The van der Waals surface area contributed by atoms with Crippen LogP contribution in [0, 0.1) is 6.92 Å². The number of aromatic nitrogens is 1. The topological polar surface area (TPSA) is 54.3 Å². The van der Waals surface area contributed by atoms with Gasteiger partial charge in [0.05, 0.1) is 5.52 Å². The highest BCUT2D eigenvalue weighted by Gasteiger charge is 2.15. The van der Waals surface area contributed by atoms with Gasteiger partial charge in [-0.3, -0.25) is 15.0 Å². The Morgan fingerprint density at radius 3 is 2.85 bits per heavy atom. The van der Waals surface area contributed by atoms with Gasteiger partial charge in [-0.15, -0.1) is 0 Å². The van der Waals surface area contributed by atoms with Crippen molar-refractivity contribution in [3.8, 4) is 0 Å². The zero-order chi connectivity index (χ0) is 14.7. The summed E-state index contributed by atoms with van der Waals surface area (Å²) in [6.07, 6.45) is 3.29. The van der Waals surface area contributed by atoms with Crippen molar-refractivity contribution in [2.75, 3.05) is 11.4 Å². The minimum atomic E-state index is -0.396. The molecule has 0 aliphatic rings. The summed E-state index contributed by atoms with van der Waals surface area (Å²) in [6.45, 7) is 4.62. The predicted molar refractivity (Wildman–Crippen MR) is 79.9 cm³/mol. The molecule has 20 heavy (non-hydrogen) atoms. The fraction of sp³-hybridized carbons (Fsp3) is 0.333. The first-order valence-corrected chi connectivity index (χ1v) is 6.65. The van der Waals surface area contributed by atoms with E-state index < -0.39 is 6.03 Å². The Morgan fingerprint density at radius 1 is 1.45 bits per heavy atom. The summed E-state index contributed by atoms with van der Waals surface area (Å²) in [5, 5.41) is 3.37. The number of hydrogen-bond donors (Lipinski definition) is 1. The zero-order valence-corrected chi connectivity index (χ0v) is 12.0. The minimum Gasteiger partial charge on any atom is -0.350 e. The predicted octanol–water partition coefficient (Wildman–Crippen LogP) is 2.57. The van der Waals surface area contributed by atoms with Crippen molar-refractivity contribution >= 4 is 29.0 Å². The van der Waals surface area contributed by atoms with Gasteiger partial charge in [-0.2, -0.15) is 0 Å². The lowest BCUT2D eigenvalue weighted by Gasteiger charge is -2.21. The van der Waals surface area contributed by atoms with Gasteiger partial charge in [-0.05, 0) is 31.0 Å². The van der Waals surface area contributed by atoms with Gasteiger partial charge < -0.3 is 4.57 Å². The number of nitrogens with zero attached hydrogens (tertiary/aromatic N) is 2. The average molecular weight is 273 g/mol. The molecule has 0 unspecified atom stereocenters. The Morgan fingerprint density at radius 2 is 2.20 bits per heavy atom. The lowest BCUT2D eigenvalue weighted by Crippen LogP contribution is -2.39. The quantitative estimate of drug-likeness (QED) is 0.870. The van der Waals surface area contributed by atoms with Crippen LogP contribution in [0.3, 0.4) is 0 Å². The van der Waals surface area contributed by atoms with Crippen LogP contribution in [0.25, 0.3) is 10.9 Å². The molecule has 2 aromatic rings. The average Bonchev–Trinajstić information content (AvgIpc) is 2.71. The Labute approximate surface area is 118 Å². The molecule has 5 nitrogen and oxygen atoms in total. The molecule has 0 fully saturated rings. The lowest BCUT2D eigenvalue weighted by molar-refractivity contribution is -0.108. The van der Waals surface area contributed by atoms with E-state index in [4.69, 9.17) is 0 Å². The number of fused-ring (bicyclic) bond motifs is 1. The molecule has 106 valence electrons. The Kier molecular flexibility index (Phi) is 4.08. The molecule has 5 heteroatoms. The molecule has 0 aliphatic carbocycles. The van der Waals surface area contributed by atoms with Crippen LogP contribution in [-0.4, -0.2) is 23.6 Å². The third kappa shape index (κ3) is 2.52. The first-order valence-electron chi connectivity index (χ1n) is 6.65. The van der Waals surface area contributed by atoms with Crippen LogP contribution in [0.4, 0.5) is 10.5 Å². The van der Waals surface area contributed by atoms with Crippen molar-refractivity contribution in [1.82, 2.24) is 9.88 Å². The van der Waals surface area contributed by atoms with Crippen molar-refractivity contribution in [3.63, 3.8) is 0 Å². The highest BCUT2D eigenvalue weighted by atomic mass is 16.2. The largest absolute Gasteiger partial charge is 0.350 e. The van der Waals surface area contributed by atoms with E-state index in [2.05, 4.69) is 18.4 Å². The summed E-state index contributed by atoms with van der Waals surface area (Å²) in [7, 11) is 1.98. The molecule has 1 aromatic heterocycles. The highest BCUT2D eigenvalue weighted by Crippen LogP contribution is 2.25. The van der Waals surface area contributed by atoms with E-state index in [1.807, 2.05) is 36.7 Å². The Bertz CT molecular complexity index is 646. The van der Waals surface area contributed by atoms with Crippen LogP contribution >= 0.6 is 0 Å². The normalized spacial score (nSPS) is 10.6. The second-order valence-corrected chi connectivity index (χ2v) is 4.84.